The highest BCUT2D eigenvalue weighted by atomic mass is 19.4. The van der Waals surface area contributed by atoms with E-state index in [0.29, 0.717) is 0 Å². The van der Waals surface area contributed by atoms with E-state index in [0.717, 1.165) is 0 Å². The summed E-state index contributed by atoms with van der Waals surface area (Å²) in [6.07, 6.45) is -4.56. The Labute approximate surface area is 84.6 Å². The lowest BCUT2D eigenvalue weighted by Gasteiger charge is -2.29. The van der Waals surface area contributed by atoms with Crippen molar-refractivity contribution in [2.24, 2.45) is 0 Å². The van der Waals surface area contributed by atoms with Gasteiger partial charge in [0.2, 0.25) is 0 Å². The van der Waals surface area contributed by atoms with Crippen LogP contribution in [0.15, 0.2) is 30.3 Å². The van der Waals surface area contributed by atoms with Gasteiger partial charge in [-0.05, 0) is 0 Å². The Bertz CT molecular complexity index is 328. The summed E-state index contributed by atoms with van der Waals surface area (Å²) in [6, 6.07) is 7.38. The van der Waals surface area contributed by atoms with Gasteiger partial charge in [0.05, 0.1) is 13.2 Å². The minimum atomic E-state index is -4.56. The van der Waals surface area contributed by atoms with Crippen LogP contribution in [-0.2, 0) is 15.3 Å². The monoisotopic (exact) mass is 218 g/mol. The Morgan fingerprint density at radius 3 is 2.00 bits per heavy atom. The topological polar surface area (TPSA) is 18.5 Å². The number of halogens is 3. The fourth-order valence-electron chi connectivity index (χ4n) is 1.56. The maximum Gasteiger partial charge on any atom is 0.448 e. The van der Waals surface area contributed by atoms with Crippen LogP contribution < -0.4 is 0 Å². The largest absolute Gasteiger partial charge is 0.448 e. The molecule has 0 spiro atoms. The average molecular weight is 218 g/mol. The molecular weight excluding hydrogens is 209 g/mol. The first-order valence-corrected chi connectivity index (χ1v) is 4.46. The van der Waals surface area contributed by atoms with E-state index in [4.69, 9.17) is 9.47 Å². The van der Waals surface area contributed by atoms with Gasteiger partial charge in [-0.1, -0.05) is 30.3 Å². The summed E-state index contributed by atoms with van der Waals surface area (Å²) in [5.74, 6) is -2.58. The molecule has 15 heavy (non-hydrogen) atoms. The van der Waals surface area contributed by atoms with Crippen molar-refractivity contribution in [2.45, 2.75) is 12.0 Å². The second-order valence-electron chi connectivity index (χ2n) is 3.18. The molecule has 5 heteroatoms. The van der Waals surface area contributed by atoms with Gasteiger partial charge >= 0.3 is 6.18 Å². The van der Waals surface area contributed by atoms with Crippen molar-refractivity contribution in [3.63, 3.8) is 0 Å². The normalized spacial score (nSPS) is 20.5. The predicted octanol–water partition coefficient (Wildman–Crippen LogP) is 2.45. The van der Waals surface area contributed by atoms with Crippen LogP contribution in [-0.4, -0.2) is 19.4 Å². The zero-order chi connectivity index (χ0) is 10.9. The highest BCUT2D eigenvalue weighted by Crippen LogP contribution is 2.45. The van der Waals surface area contributed by atoms with Gasteiger partial charge in [0.1, 0.15) is 0 Å². The Morgan fingerprint density at radius 1 is 1.00 bits per heavy atom. The molecule has 1 heterocycles. The minimum Gasteiger partial charge on any atom is -0.336 e. The van der Waals surface area contributed by atoms with Crippen LogP contribution in [0.3, 0.4) is 0 Å². The van der Waals surface area contributed by atoms with Gasteiger partial charge < -0.3 is 9.47 Å². The van der Waals surface area contributed by atoms with Gasteiger partial charge in [-0.3, -0.25) is 0 Å². The molecule has 0 saturated carbocycles. The summed E-state index contributed by atoms with van der Waals surface area (Å²) in [7, 11) is 0. The van der Waals surface area contributed by atoms with E-state index in [1.165, 1.54) is 24.3 Å². The second-order valence-corrected chi connectivity index (χ2v) is 3.18. The summed E-state index contributed by atoms with van der Waals surface area (Å²) in [5, 5.41) is 0. The molecule has 0 unspecified atom stereocenters. The standard InChI is InChI=1S/C10H9F3O2/c11-10(12,13)9(14-6-7-15-9)8-4-2-1-3-5-8/h1-5H,6-7H2. The molecule has 1 aliphatic rings. The highest BCUT2D eigenvalue weighted by Gasteiger charge is 2.61. The third-order valence-corrected chi connectivity index (χ3v) is 2.22. The van der Waals surface area contributed by atoms with Crippen LogP contribution in [0.5, 0.6) is 0 Å². The number of ether oxygens (including phenoxy) is 2. The quantitative estimate of drug-likeness (QED) is 0.720. The molecule has 2 rings (SSSR count). The first-order valence-electron chi connectivity index (χ1n) is 4.46. The zero-order valence-corrected chi connectivity index (χ0v) is 7.75. The van der Waals surface area contributed by atoms with Crippen LogP contribution >= 0.6 is 0 Å². The first-order chi connectivity index (χ1) is 7.06. The molecule has 0 bridgehead atoms. The molecule has 0 aliphatic carbocycles. The summed E-state index contributed by atoms with van der Waals surface area (Å²) < 4.78 is 48.0. The van der Waals surface area contributed by atoms with E-state index in [1.807, 2.05) is 0 Å². The Morgan fingerprint density at radius 2 is 1.53 bits per heavy atom. The SMILES string of the molecule is FC(F)(F)C1(c2ccccc2)OCCO1. The van der Waals surface area contributed by atoms with Crippen molar-refractivity contribution in [1.82, 2.24) is 0 Å². The van der Waals surface area contributed by atoms with E-state index in [9.17, 15) is 13.2 Å². The van der Waals surface area contributed by atoms with Crippen LogP contribution in [0.25, 0.3) is 0 Å². The van der Waals surface area contributed by atoms with Gasteiger partial charge in [-0.25, -0.2) is 0 Å². The third kappa shape index (κ3) is 1.61. The molecule has 0 N–H and O–H groups in total. The predicted molar refractivity (Wildman–Crippen MR) is 46.1 cm³/mol. The van der Waals surface area contributed by atoms with E-state index in [1.54, 1.807) is 6.07 Å². The van der Waals surface area contributed by atoms with Crippen molar-refractivity contribution < 1.29 is 22.6 Å². The average Bonchev–Trinajstić information content (AvgIpc) is 2.68. The van der Waals surface area contributed by atoms with E-state index in [2.05, 4.69) is 0 Å². The molecule has 1 saturated heterocycles. The fraction of sp³-hybridized carbons (Fsp3) is 0.400. The molecule has 0 amide bonds. The van der Waals surface area contributed by atoms with Gasteiger partial charge in [0, 0.05) is 5.56 Å². The number of rotatable bonds is 1. The van der Waals surface area contributed by atoms with Crippen molar-refractivity contribution in [1.29, 1.82) is 0 Å². The maximum atomic E-state index is 12.9. The van der Waals surface area contributed by atoms with Gasteiger partial charge in [0.25, 0.3) is 5.79 Å². The van der Waals surface area contributed by atoms with E-state index < -0.39 is 12.0 Å². The molecule has 1 aromatic carbocycles. The van der Waals surface area contributed by atoms with Crippen molar-refractivity contribution in [3.8, 4) is 0 Å². The molecule has 0 atom stereocenters. The van der Waals surface area contributed by atoms with Crippen LogP contribution in [0.1, 0.15) is 5.56 Å². The molecule has 2 nitrogen and oxygen atoms in total. The van der Waals surface area contributed by atoms with Gasteiger partial charge in [-0.15, -0.1) is 0 Å². The third-order valence-electron chi connectivity index (χ3n) is 2.22. The van der Waals surface area contributed by atoms with Crippen LogP contribution in [0.4, 0.5) is 13.2 Å². The van der Waals surface area contributed by atoms with Crippen molar-refractivity contribution in [2.75, 3.05) is 13.2 Å². The molecule has 1 aliphatic heterocycles. The second kappa shape index (κ2) is 3.50. The molecule has 1 fully saturated rings. The Kier molecular flexibility index (Phi) is 2.44. The fourth-order valence-corrected chi connectivity index (χ4v) is 1.56. The number of hydrogen-bond acceptors (Lipinski definition) is 2. The minimum absolute atomic E-state index is 0.0185. The first kappa shape index (κ1) is 10.4. The molecule has 0 radical (unpaired) electrons. The molecule has 82 valence electrons. The maximum absolute atomic E-state index is 12.9. The van der Waals surface area contributed by atoms with Gasteiger partial charge in [0.15, 0.2) is 0 Å². The highest BCUT2D eigenvalue weighted by molar-refractivity contribution is 5.22. The summed E-state index contributed by atoms with van der Waals surface area (Å²) in [6.45, 7) is -0.0944. The molecular formula is C10H9F3O2. The number of hydrogen-bond donors (Lipinski definition) is 0. The van der Waals surface area contributed by atoms with Crippen LogP contribution in [0, 0.1) is 0 Å². The molecule has 1 aromatic rings. The van der Waals surface area contributed by atoms with Crippen molar-refractivity contribution in [3.05, 3.63) is 35.9 Å². The van der Waals surface area contributed by atoms with Gasteiger partial charge in [-0.2, -0.15) is 13.2 Å². The Hall–Kier alpha value is -1.07. The summed E-state index contributed by atoms with van der Waals surface area (Å²) >= 11 is 0. The Balaban J connectivity index is 2.44. The number of alkyl halides is 3. The lowest BCUT2D eigenvalue weighted by atomic mass is 10.1. The van der Waals surface area contributed by atoms with Crippen molar-refractivity contribution >= 4 is 0 Å². The van der Waals surface area contributed by atoms with E-state index >= 15 is 0 Å². The lowest BCUT2D eigenvalue weighted by Crippen LogP contribution is -2.43. The zero-order valence-electron chi connectivity index (χ0n) is 7.75. The molecule has 0 aromatic heterocycles. The number of benzene rings is 1. The summed E-state index contributed by atoms with van der Waals surface area (Å²) in [5.41, 5.74) is -0.0185. The van der Waals surface area contributed by atoms with E-state index in [-0.39, 0.29) is 18.8 Å². The lowest BCUT2D eigenvalue weighted by molar-refractivity contribution is -0.352. The smallest absolute Gasteiger partial charge is 0.336 e. The van der Waals surface area contributed by atoms with Crippen LogP contribution in [0.2, 0.25) is 0 Å². The summed E-state index contributed by atoms with van der Waals surface area (Å²) in [4.78, 5) is 0.